The van der Waals surface area contributed by atoms with Crippen molar-refractivity contribution in [2.45, 2.75) is 11.5 Å². The number of hydrogen-bond acceptors (Lipinski definition) is 3. The molecular formula is C8H11NOS. The van der Waals surface area contributed by atoms with Gasteiger partial charge in [-0.05, 0) is 24.0 Å². The van der Waals surface area contributed by atoms with Crippen LogP contribution in [0.25, 0.3) is 0 Å². The van der Waals surface area contributed by atoms with Crippen LogP contribution in [0.2, 0.25) is 0 Å². The van der Waals surface area contributed by atoms with Crippen LogP contribution in [-0.2, 0) is 11.4 Å². The highest BCUT2D eigenvalue weighted by atomic mass is 32.2. The predicted molar refractivity (Wildman–Crippen MR) is 47.2 cm³/mol. The summed E-state index contributed by atoms with van der Waals surface area (Å²) < 4.78 is 0. The Bertz CT molecular complexity index is 210. The number of hydrogen-bond donors (Lipinski definition) is 1. The van der Waals surface area contributed by atoms with Crippen LogP contribution in [0.15, 0.2) is 29.2 Å². The molecule has 0 spiro atoms. The van der Waals surface area contributed by atoms with Gasteiger partial charge in [-0.3, -0.25) is 4.84 Å². The van der Waals surface area contributed by atoms with Gasteiger partial charge in [-0.1, -0.05) is 12.1 Å². The summed E-state index contributed by atoms with van der Waals surface area (Å²) in [6.07, 6.45) is 2.05. The van der Waals surface area contributed by atoms with E-state index in [4.69, 9.17) is 5.90 Å². The van der Waals surface area contributed by atoms with Crippen LogP contribution in [0.5, 0.6) is 0 Å². The zero-order valence-corrected chi connectivity index (χ0v) is 7.23. The zero-order chi connectivity index (χ0) is 8.10. The Morgan fingerprint density at radius 1 is 1.36 bits per heavy atom. The zero-order valence-electron chi connectivity index (χ0n) is 6.41. The van der Waals surface area contributed by atoms with E-state index in [1.54, 1.807) is 11.8 Å². The first-order valence-electron chi connectivity index (χ1n) is 3.31. The van der Waals surface area contributed by atoms with E-state index in [1.807, 2.05) is 12.1 Å². The molecule has 1 aromatic rings. The van der Waals surface area contributed by atoms with Crippen molar-refractivity contribution in [2.75, 3.05) is 6.26 Å². The van der Waals surface area contributed by atoms with Gasteiger partial charge in [0.05, 0.1) is 6.61 Å². The van der Waals surface area contributed by atoms with E-state index in [0.29, 0.717) is 6.61 Å². The van der Waals surface area contributed by atoms with Crippen LogP contribution < -0.4 is 5.90 Å². The minimum Gasteiger partial charge on any atom is -0.300 e. The fourth-order valence-electron chi connectivity index (χ4n) is 0.818. The lowest BCUT2D eigenvalue weighted by atomic mass is 10.2. The Morgan fingerprint density at radius 2 is 2.00 bits per heavy atom. The second-order valence-electron chi connectivity index (χ2n) is 2.16. The second kappa shape index (κ2) is 4.38. The van der Waals surface area contributed by atoms with Gasteiger partial charge in [0, 0.05) is 4.90 Å². The fourth-order valence-corrected chi connectivity index (χ4v) is 1.23. The Morgan fingerprint density at radius 3 is 2.45 bits per heavy atom. The van der Waals surface area contributed by atoms with Gasteiger partial charge in [0.1, 0.15) is 0 Å². The summed E-state index contributed by atoms with van der Waals surface area (Å²) in [5.74, 6) is 4.93. The summed E-state index contributed by atoms with van der Waals surface area (Å²) in [7, 11) is 0. The van der Waals surface area contributed by atoms with Crippen molar-refractivity contribution in [3.63, 3.8) is 0 Å². The lowest BCUT2D eigenvalue weighted by molar-refractivity contribution is 0.124. The van der Waals surface area contributed by atoms with Crippen molar-refractivity contribution in [1.82, 2.24) is 0 Å². The molecule has 3 heteroatoms. The molecule has 0 atom stereocenters. The molecule has 0 heterocycles. The Hall–Kier alpha value is -0.510. The maximum absolute atomic E-state index is 4.93. The number of benzene rings is 1. The lowest BCUT2D eigenvalue weighted by Crippen LogP contribution is -1.98. The molecule has 0 unspecified atom stereocenters. The van der Waals surface area contributed by atoms with Crippen LogP contribution in [0, 0.1) is 0 Å². The molecule has 2 nitrogen and oxygen atoms in total. The second-order valence-corrected chi connectivity index (χ2v) is 3.04. The molecule has 0 saturated carbocycles. The van der Waals surface area contributed by atoms with Gasteiger partial charge in [-0.25, -0.2) is 5.90 Å². The van der Waals surface area contributed by atoms with Crippen molar-refractivity contribution in [1.29, 1.82) is 0 Å². The summed E-state index contributed by atoms with van der Waals surface area (Å²) >= 11 is 1.72. The highest BCUT2D eigenvalue weighted by Gasteiger charge is 1.91. The molecule has 0 radical (unpaired) electrons. The standard InChI is InChI=1S/C8H11NOS/c1-11-8-4-2-7(3-5-8)6-10-9/h2-5H,6,9H2,1H3. The summed E-state index contributed by atoms with van der Waals surface area (Å²) in [5.41, 5.74) is 1.10. The van der Waals surface area contributed by atoms with Crippen LogP contribution in [-0.4, -0.2) is 6.26 Å². The van der Waals surface area contributed by atoms with Gasteiger partial charge < -0.3 is 0 Å². The molecular weight excluding hydrogens is 158 g/mol. The number of thioether (sulfide) groups is 1. The van der Waals surface area contributed by atoms with Gasteiger partial charge in [-0.15, -0.1) is 11.8 Å². The van der Waals surface area contributed by atoms with E-state index in [2.05, 4.69) is 23.2 Å². The van der Waals surface area contributed by atoms with E-state index < -0.39 is 0 Å². The monoisotopic (exact) mass is 169 g/mol. The SMILES string of the molecule is CSc1ccc(CON)cc1. The average molecular weight is 169 g/mol. The fraction of sp³-hybridized carbons (Fsp3) is 0.250. The normalized spacial score (nSPS) is 10.0. The summed E-state index contributed by atoms with van der Waals surface area (Å²) in [4.78, 5) is 5.75. The van der Waals surface area contributed by atoms with Gasteiger partial charge in [0.15, 0.2) is 0 Å². The topological polar surface area (TPSA) is 35.2 Å². The highest BCUT2D eigenvalue weighted by Crippen LogP contribution is 2.14. The first-order chi connectivity index (χ1) is 5.36. The van der Waals surface area contributed by atoms with Gasteiger partial charge in [-0.2, -0.15) is 0 Å². The van der Waals surface area contributed by atoms with E-state index in [0.717, 1.165) is 5.56 Å². The Balaban J connectivity index is 2.66. The third-order valence-electron chi connectivity index (χ3n) is 1.41. The Labute approximate surface area is 70.7 Å². The molecule has 0 amide bonds. The van der Waals surface area contributed by atoms with E-state index in [-0.39, 0.29) is 0 Å². The molecule has 0 aliphatic heterocycles. The third-order valence-corrected chi connectivity index (χ3v) is 2.15. The summed E-state index contributed by atoms with van der Waals surface area (Å²) in [6.45, 7) is 0.481. The molecule has 0 saturated heterocycles. The average Bonchev–Trinajstić information content (AvgIpc) is 2.07. The molecule has 1 aromatic carbocycles. The summed E-state index contributed by atoms with van der Waals surface area (Å²) in [5, 5.41) is 0. The molecule has 60 valence electrons. The van der Waals surface area contributed by atoms with E-state index in [1.165, 1.54) is 4.90 Å². The van der Waals surface area contributed by atoms with Crippen molar-refractivity contribution < 1.29 is 4.84 Å². The maximum Gasteiger partial charge on any atom is 0.0930 e. The van der Waals surface area contributed by atoms with E-state index in [9.17, 15) is 0 Å². The minimum absolute atomic E-state index is 0.481. The maximum atomic E-state index is 4.93. The molecule has 0 aliphatic rings. The number of rotatable bonds is 3. The number of nitrogens with two attached hydrogens (primary N) is 1. The van der Waals surface area contributed by atoms with Crippen LogP contribution in [0.3, 0.4) is 0 Å². The largest absolute Gasteiger partial charge is 0.300 e. The van der Waals surface area contributed by atoms with Crippen molar-refractivity contribution in [3.05, 3.63) is 29.8 Å². The van der Waals surface area contributed by atoms with Crippen molar-refractivity contribution in [2.24, 2.45) is 5.90 Å². The molecule has 11 heavy (non-hydrogen) atoms. The molecule has 0 fully saturated rings. The molecule has 2 N–H and O–H groups in total. The van der Waals surface area contributed by atoms with Crippen LogP contribution >= 0.6 is 11.8 Å². The first-order valence-corrected chi connectivity index (χ1v) is 4.54. The van der Waals surface area contributed by atoms with Crippen LogP contribution in [0.4, 0.5) is 0 Å². The Kier molecular flexibility index (Phi) is 3.42. The van der Waals surface area contributed by atoms with Gasteiger partial charge in [0.25, 0.3) is 0 Å². The van der Waals surface area contributed by atoms with Crippen molar-refractivity contribution in [3.8, 4) is 0 Å². The first kappa shape index (κ1) is 8.59. The van der Waals surface area contributed by atoms with Crippen molar-refractivity contribution >= 4 is 11.8 Å². The quantitative estimate of drug-likeness (QED) is 0.553. The molecule has 1 rings (SSSR count). The van der Waals surface area contributed by atoms with Crippen LogP contribution in [0.1, 0.15) is 5.56 Å². The van der Waals surface area contributed by atoms with E-state index >= 15 is 0 Å². The minimum atomic E-state index is 0.481. The lowest BCUT2D eigenvalue weighted by Gasteiger charge is -1.99. The molecule has 0 aliphatic carbocycles. The third kappa shape index (κ3) is 2.54. The van der Waals surface area contributed by atoms with Gasteiger partial charge in [0.2, 0.25) is 0 Å². The summed E-state index contributed by atoms with van der Waals surface area (Å²) in [6, 6.07) is 8.13. The van der Waals surface area contributed by atoms with Gasteiger partial charge >= 0.3 is 0 Å². The molecule has 0 aromatic heterocycles. The highest BCUT2D eigenvalue weighted by molar-refractivity contribution is 7.98. The smallest absolute Gasteiger partial charge is 0.0930 e. The predicted octanol–water partition coefficient (Wildman–Crippen LogP) is 1.80. The molecule has 0 bridgehead atoms.